The van der Waals surface area contributed by atoms with E-state index in [4.69, 9.17) is 12.2 Å². The third kappa shape index (κ3) is 1.89. The molecule has 108 valence electrons. The molecule has 1 saturated carbocycles. The van der Waals surface area contributed by atoms with Crippen molar-refractivity contribution in [2.45, 2.75) is 34.2 Å². The van der Waals surface area contributed by atoms with Crippen molar-refractivity contribution in [2.24, 2.45) is 16.7 Å². The van der Waals surface area contributed by atoms with Crippen molar-refractivity contribution >= 4 is 45.8 Å². The molecule has 1 aromatic carbocycles. The minimum absolute atomic E-state index is 0.185. The molecule has 1 aliphatic carbocycles. The summed E-state index contributed by atoms with van der Waals surface area (Å²) < 4.78 is 17.2. The van der Waals surface area contributed by atoms with Crippen LogP contribution >= 0.6 is 34.8 Å². The molecule has 1 fully saturated rings. The molecule has 20 heavy (non-hydrogen) atoms. The van der Waals surface area contributed by atoms with Crippen molar-refractivity contribution in [2.75, 3.05) is 0 Å². The normalized spacial score (nSPS) is 20.5. The number of hydrogen-bond acceptors (Lipinski definition) is 1. The number of aromatic amines is 1. The topological polar surface area (TPSA) is 20.7 Å². The van der Waals surface area contributed by atoms with Crippen molar-refractivity contribution in [1.29, 1.82) is 0 Å². The fourth-order valence-electron chi connectivity index (χ4n) is 3.31. The monoisotopic (exact) mass is 404 g/mol. The molecule has 0 bridgehead atoms. The summed E-state index contributed by atoms with van der Waals surface area (Å²) in [4.78, 5) is 3.19. The second-order valence-corrected chi connectivity index (χ2v) is 8.37. The second-order valence-electron chi connectivity index (χ2n) is 6.82. The van der Waals surface area contributed by atoms with Gasteiger partial charge in [-0.05, 0) is 57.6 Å². The predicted octanol–water partition coefficient (Wildman–Crippen LogP) is 5.12. The van der Waals surface area contributed by atoms with Crippen molar-refractivity contribution in [3.05, 3.63) is 26.3 Å². The van der Waals surface area contributed by atoms with E-state index in [2.05, 4.69) is 32.7 Å². The second kappa shape index (κ2) is 4.29. The summed E-state index contributed by atoms with van der Waals surface area (Å²) in [5, 5.41) is 0. The number of H-pyrrole nitrogens is 1. The molecular formula is C15H18FIN2S. The zero-order valence-corrected chi connectivity index (χ0v) is 15.0. The Morgan fingerprint density at radius 3 is 2.45 bits per heavy atom. The maximum absolute atomic E-state index is 13.8. The van der Waals surface area contributed by atoms with Gasteiger partial charge in [0.1, 0.15) is 5.82 Å². The van der Waals surface area contributed by atoms with E-state index in [1.807, 2.05) is 33.2 Å². The summed E-state index contributed by atoms with van der Waals surface area (Å²) >= 11 is 7.42. The molecule has 0 amide bonds. The average molecular weight is 404 g/mol. The minimum Gasteiger partial charge on any atom is -0.331 e. The maximum atomic E-state index is 13.8. The first-order chi connectivity index (χ1) is 9.16. The molecule has 2 aromatic rings. The summed E-state index contributed by atoms with van der Waals surface area (Å²) in [5.74, 6) is 0.373. The fourth-order valence-corrected chi connectivity index (χ4v) is 4.06. The summed E-state index contributed by atoms with van der Waals surface area (Å²) in [7, 11) is 0. The lowest BCUT2D eigenvalue weighted by Gasteiger charge is -2.06. The third-order valence-corrected chi connectivity index (χ3v) is 6.65. The van der Waals surface area contributed by atoms with Gasteiger partial charge in [-0.2, -0.15) is 0 Å². The van der Waals surface area contributed by atoms with Crippen LogP contribution in [0.4, 0.5) is 4.39 Å². The Morgan fingerprint density at radius 2 is 1.90 bits per heavy atom. The van der Waals surface area contributed by atoms with Gasteiger partial charge in [0.2, 0.25) is 0 Å². The highest BCUT2D eigenvalue weighted by atomic mass is 127. The van der Waals surface area contributed by atoms with Gasteiger partial charge in [0, 0.05) is 12.6 Å². The highest BCUT2D eigenvalue weighted by molar-refractivity contribution is 14.1. The number of nitrogens with one attached hydrogen (secondary N) is 1. The Kier molecular flexibility index (Phi) is 3.11. The Hall–Kier alpha value is -0.430. The molecule has 0 aliphatic heterocycles. The molecule has 0 saturated heterocycles. The zero-order valence-electron chi connectivity index (χ0n) is 12.1. The van der Waals surface area contributed by atoms with Gasteiger partial charge in [-0.3, -0.25) is 0 Å². The summed E-state index contributed by atoms with van der Waals surface area (Å²) in [5.41, 5.74) is 2.38. The van der Waals surface area contributed by atoms with Crippen LogP contribution in [0.25, 0.3) is 11.0 Å². The van der Waals surface area contributed by atoms with Crippen LogP contribution in [0.1, 0.15) is 27.7 Å². The quantitative estimate of drug-likeness (QED) is 0.544. The average Bonchev–Trinajstić information content (AvgIpc) is 2.60. The lowest BCUT2D eigenvalue weighted by molar-refractivity contribution is 0.457. The van der Waals surface area contributed by atoms with E-state index in [1.165, 1.54) is 0 Å². The first-order valence-electron chi connectivity index (χ1n) is 6.74. The lowest BCUT2D eigenvalue weighted by atomic mass is 10.0. The molecule has 0 atom stereocenters. The van der Waals surface area contributed by atoms with Gasteiger partial charge in [-0.1, -0.05) is 27.7 Å². The SMILES string of the molecule is CC1(C)C(Cn2c(=S)[nH]c3cc(I)c(F)cc32)C1(C)C. The number of aromatic nitrogens is 2. The first kappa shape index (κ1) is 14.5. The van der Waals surface area contributed by atoms with E-state index in [0.717, 1.165) is 17.6 Å². The lowest BCUT2D eigenvalue weighted by Crippen LogP contribution is -2.04. The number of hydrogen-bond donors (Lipinski definition) is 1. The molecule has 1 aliphatic rings. The molecular weight excluding hydrogens is 386 g/mol. The maximum Gasteiger partial charge on any atom is 0.178 e. The standard InChI is InChI=1S/C15H18FIN2S/c1-14(2)12(15(14,3)4)7-19-11-5-8(16)9(17)6-10(11)18-13(19)20/h5-6,12H,7H2,1-4H3,(H,18,20). The van der Waals surface area contributed by atoms with Gasteiger partial charge in [-0.15, -0.1) is 0 Å². The van der Waals surface area contributed by atoms with Crippen molar-refractivity contribution < 1.29 is 4.39 Å². The predicted molar refractivity (Wildman–Crippen MR) is 90.8 cm³/mol. The first-order valence-corrected chi connectivity index (χ1v) is 8.22. The molecule has 1 aromatic heterocycles. The summed E-state index contributed by atoms with van der Waals surface area (Å²) in [6.07, 6.45) is 0. The van der Waals surface area contributed by atoms with E-state index >= 15 is 0 Å². The van der Waals surface area contributed by atoms with Gasteiger partial charge in [-0.25, -0.2) is 4.39 Å². The van der Waals surface area contributed by atoms with E-state index < -0.39 is 0 Å². The number of nitrogens with zero attached hydrogens (tertiary/aromatic N) is 1. The minimum atomic E-state index is -0.185. The van der Waals surface area contributed by atoms with Crippen LogP contribution in [-0.2, 0) is 6.54 Å². The van der Waals surface area contributed by atoms with Crippen molar-refractivity contribution in [1.82, 2.24) is 9.55 Å². The molecule has 1 heterocycles. The van der Waals surface area contributed by atoms with Crippen LogP contribution < -0.4 is 0 Å². The van der Waals surface area contributed by atoms with Crippen molar-refractivity contribution in [3.8, 4) is 0 Å². The van der Waals surface area contributed by atoms with Crippen LogP contribution in [0.15, 0.2) is 12.1 Å². The summed E-state index contributed by atoms with van der Waals surface area (Å²) in [6.45, 7) is 10.0. The van der Waals surface area contributed by atoms with Crippen LogP contribution in [0.5, 0.6) is 0 Å². The van der Waals surface area contributed by atoms with Gasteiger partial charge < -0.3 is 9.55 Å². The van der Waals surface area contributed by atoms with Crippen molar-refractivity contribution in [3.63, 3.8) is 0 Å². The van der Waals surface area contributed by atoms with E-state index in [1.54, 1.807) is 6.07 Å². The molecule has 2 nitrogen and oxygen atoms in total. The number of benzene rings is 1. The fraction of sp³-hybridized carbons (Fsp3) is 0.533. The number of imidazole rings is 1. The molecule has 0 spiro atoms. The number of fused-ring (bicyclic) bond motifs is 1. The smallest absolute Gasteiger partial charge is 0.178 e. The Labute approximate surface area is 136 Å². The number of rotatable bonds is 2. The van der Waals surface area contributed by atoms with Gasteiger partial charge in [0.05, 0.1) is 14.6 Å². The van der Waals surface area contributed by atoms with Crippen LogP contribution in [0, 0.1) is 30.9 Å². The van der Waals surface area contributed by atoms with E-state index in [0.29, 0.717) is 25.1 Å². The van der Waals surface area contributed by atoms with Crippen LogP contribution in [-0.4, -0.2) is 9.55 Å². The number of halogens is 2. The Balaban J connectivity index is 2.07. The van der Waals surface area contributed by atoms with E-state index in [9.17, 15) is 4.39 Å². The van der Waals surface area contributed by atoms with Crippen LogP contribution in [0.2, 0.25) is 0 Å². The molecule has 1 N–H and O–H groups in total. The van der Waals surface area contributed by atoms with Crippen LogP contribution in [0.3, 0.4) is 0 Å². The highest BCUT2D eigenvalue weighted by Gasteiger charge is 2.64. The Morgan fingerprint density at radius 1 is 1.30 bits per heavy atom. The highest BCUT2D eigenvalue weighted by Crippen LogP contribution is 2.68. The molecule has 0 unspecified atom stereocenters. The largest absolute Gasteiger partial charge is 0.331 e. The van der Waals surface area contributed by atoms with E-state index in [-0.39, 0.29) is 5.82 Å². The third-order valence-electron chi connectivity index (χ3n) is 5.50. The molecule has 5 heteroatoms. The van der Waals surface area contributed by atoms with Gasteiger partial charge in [0.15, 0.2) is 4.77 Å². The molecule has 0 radical (unpaired) electrons. The van der Waals surface area contributed by atoms with Gasteiger partial charge in [0.25, 0.3) is 0 Å². The van der Waals surface area contributed by atoms with Gasteiger partial charge >= 0.3 is 0 Å². The Bertz CT molecular complexity index is 743. The zero-order chi connectivity index (χ0) is 14.9. The molecule has 3 rings (SSSR count). The summed E-state index contributed by atoms with van der Waals surface area (Å²) in [6, 6.07) is 3.41.